The molecule has 6 nitrogen and oxygen atoms in total. The van der Waals surface area contributed by atoms with E-state index in [4.69, 9.17) is 0 Å². The maximum absolute atomic E-state index is 13.3. The summed E-state index contributed by atoms with van der Waals surface area (Å²) in [6, 6.07) is 25.9. The monoisotopic (exact) mass is 572 g/mol. The Morgan fingerprint density at radius 1 is 0.432 bits per heavy atom. The Morgan fingerprint density at radius 3 is 1.00 bits per heavy atom. The number of aromatic nitrogens is 2. The normalized spacial score (nSPS) is 11.1. The zero-order chi connectivity index (χ0) is 30.5. The molecule has 0 radical (unpaired) electrons. The van der Waals surface area contributed by atoms with Crippen LogP contribution in [0.3, 0.4) is 0 Å². The van der Waals surface area contributed by atoms with E-state index in [9.17, 15) is 19.2 Å². The molecule has 0 saturated carbocycles. The Kier molecular flexibility index (Phi) is 6.34. The average Bonchev–Trinajstić information content (AvgIpc) is 3.43. The number of rotatable bonds is 2. The first-order chi connectivity index (χ1) is 21.4. The highest BCUT2D eigenvalue weighted by atomic mass is 16.2. The first-order valence-electron chi connectivity index (χ1n) is 14.4. The molecule has 6 heteroatoms. The topological polar surface area (TPSA) is 78.1 Å². The molecule has 0 saturated heterocycles. The zero-order valence-corrected chi connectivity index (χ0v) is 24.0. The van der Waals surface area contributed by atoms with Gasteiger partial charge in [0.15, 0.2) is 0 Å². The second-order valence-electron chi connectivity index (χ2n) is 10.6. The minimum absolute atomic E-state index is 0.247. The van der Waals surface area contributed by atoms with E-state index in [1.54, 1.807) is 38.1 Å². The molecular weight excluding hydrogens is 548 g/mol. The molecule has 0 aliphatic heterocycles. The Bertz CT molecular complexity index is 2340. The summed E-state index contributed by atoms with van der Waals surface area (Å²) < 4.78 is 2.44. The van der Waals surface area contributed by atoms with Gasteiger partial charge in [-0.2, -0.15) is 0 Å². The number of nitrogens with zero attached hydrogens (tertiary/aromatic N) is 2. The summed E-state index contributed by atoms with van der Waals surface area (Å²) in [4.78, 5) is 53.1. The van der Waals surface area contributed by atoms with Crippen LogP contribution < -0.4 is 22.2 Å². The van der Waals surface area contributed by atoms with Crippen molar-refractivity contribution < 1.29 is 0 Å². The number of hydrogen-bond donors (Lipinski definition) is 0. The van der Waals surface area contributed by atoms with E-state index in [2.05, 4.69) is 23.7 Å². The average molecular weight is 573 g/mol. The van der Waals surface area contributed by atoms with E-state index in [1.165, 1.54) is 9.13 Å². The molecule has 210 valence electrons. The highest BCUT2D eigenvalue weighted by Crippen LogP contribution is 2.35. The van der Waals surface area contributed by atoms with Crippen LogP contribution in [0, 0.1) is 23.7 Å². The van der Waals surface area contributed by atoms with Crippen LogP contribution in [0.1, 0.15) is 36.1 Å². The van der Waals surface area contributed by atoms with E-state index < -0.39 is 0 Å². The molecule has 7 aromatic rings. The van der Waals surface area contributed by atoms with Gasteiger partial charge in [0.05, 0.1) is 21.5 Å². The summed E-state index contributed by atoms with van der Waals surface area (Å²) in [5.74, 6) is 13.1. The number of fused-ring (bicyclic) bond motifs is 4. The van der Waals surface area contributed by atoms with Gasteiger partial charge in [-0.1, -0.05) is 60.1 Å². The van der Waals surface area contributed by atoms with Gasteiger partial charge in [-0.15, -0.1) is 0 Å². The Labute approximate surface area is 251 Å². The quantitative estimate of drug-likeness (QED) is 0.214. The third kappa shape index (κ3) is 4.08. The maximum Gasteiger partial charge on any atom is 0.261 e. The Balaban J connectivity index is 1.73. The molecule has 0 atom stereocenters. The highest BCUT2D eigenvalue weighted by Gasteiger charge is 2.21. The predicted octanol–water partition coefficient (Wildman–Crippen LogP) is 5.06. The summed E-state index contributed by atoms with van der Waals surface area (Å²) in [5, 5.41) is 3.77. The van der Waals surface area contributed by atoms with Gasteiger partial charge in [0, 0.05) is 56.9 Å². The third-order valence-corrected chi connectivity index (χ3v) is 8.14. The van der Waals surface area contributed by atoms with Crippen LogP contribution in [0.4, 0.5) is 0 Å². The lowest BCUT2D eigenvalue weighted by Crippen LogP contribution is -2.24. The van der Waals surface area contributed by atoms with Crippen molar-refractivity contribution in [2.24, 2.45) is 0 Å². The molecule has 0 aliphatic rings. The van der Waals surface area contributed by atoms with Gasteiger partial charge in [-0.3, -0.25) is 28.3 Å². The second-order valence-corrected chi connectivity index (χ2v) is 10.6. The first-order valence-corrected chi connectivity index (χ1v) is 14.4. The summed E-state index contributed by atoms with van der Waals surface area (Å²) in [7, 11) is 0. The van der Waals surface area contributed by atoms with Crippen molar-refractivity contribution in [3.8, 4) is 23.7 Å². The molecule has 0 unspecified atom stereocenters. The van der Waals surface area contributed by atoms with Crippen LogP contribution in [0.15, 0.2) is 104 Å². The fourth-order valence-corrected chi connectivity index (χ4v) is 5.95. The van der Waals surface area contributed by atoms with Crippen LogP contribution in [0.5, 0.6) is 0 Å². The van der Waals surface area contributed by atoms with Gasteiger partial charge < -0.3 is 0 Å². The standard InChI is InChI=1S/C38H24N2O4/c1-3-39-35(41)31-19-27-25(17-15-23-11-7-5-8-12-23)29-21-33-34(38(44)40(4-2)37(33)43)22-30(29)26(28(27)20-32(31)36(39)42)18-16-24-13-9-6-10-14-24/h5-14,19-22H,3-4H2,1-2H3. The van der Waals surface area contributed by atoms with Crippen LogP contribution in [0.25, 0.3) is 43.1 Å². The van der Waals surface area contributed by atoms with Crippen molar-refractivity contribution >= 4 is 43.1 Å². The highest BCUT2D eigenvalue weighted by molar-refractivity contribution is 6.16. The SMILES string of the molecule is CCn1c(=O)c2cc3c(C#Cc4ccccc4)c4cc5c(=O)n(CC)c(=O)c5cc4c(C#Cc4ccccc4)c3cc2c1=O. The van der Waals surface area contributed by atoms with Crippen LogP contribution in [-0.2, 0) is 13.1 Å². The minimum atomic E-state index is -0.360. The van der Waals surface area contributed by atoms with Crippen LogP contribution in [-0.4, -0.2) is 9.13 Å². The maximum atomic E-state index is 13.3. The van der Waals surface area contributed by atoms with Crippen molar-refractivity contribution in [2.45, 2.75) is 26.9 Å². The summed E-state index contributed by atoms with van der Waals surface area (Å²) in [6.07, 6.45) is 0. The molecule has 5 aromatic carbocycles. The van der Waals surface area contributed by atoms with Crippen molar-refractivity contribution in [1.29, 1.82) is 0 Å². The van der Waals surface area contributed by atoms with Crippen molar-refractivity contribution in [3.63, 3.8) is 0 Å². The molecule has 44 heavy (non-hydrogen) atoms. The van der Waals surface area contributed by atoms with Crippen molar-refractivity contribution in [3.05, 3.63) is 149 Å². The van der Waals surface area contributed by atoms with E-state index in [0.717, 1.165) is 11.1 Å². The smallest absolute Gasteiger partial charge is 0.261 e. The fraction of sp³-hybridized carbons (Fsp3) is 0.105. The molecule has 0 amide bonds. The summed E-state index contributed by atoms with van der Waals surface area (Å²) >= 11 is 0. The van der Waals surface area contributed by atoms with E-state index >= 15 is 0 Å². The van der Waals surface area contributed by atoms with Gasteiger partial charge >= 0.3 is 0 Å². The molecule has 0 bridgehead atoms. The molecule has 7 rings (SSSR count). The van der Waals surface area contributed by atoms with E-state index in [-0.39, 0.29) is 35.3 Å². The lowest BCUT2D eigenvalue weighted by Gasteiger charge is -2.11. The Morgan fingerprint density at radius 2 is 0.727 bits per heavy atom. The van der Waals surface area contributed by atoms with Gasteiger partial charge in [-0.25, -0.2) is 0 Å². The molecule has 0 spiro atoms. The molecule has 2 heterocycles. The van der Waals surface area contributed by atoms with Gasteiger partial charge in [-0.05, 0) is 62.4 Å². The zero-order valence-electron chi connectivity index (χ0n) is 24.0. The van der Waals surface area contributed by atoms with Gasteiger partial charge in [0.1, 0.15) is 0 Å². The molecule has 0 fully saturated rings. The third-order valence-electron chi connectivity index (χ3n) is 8.14. The molecular formula is C38H24N2O4. The summed E-state index contributed by atoms with van der Waals surface area (Å²) in [5.41, 5.74) is 1.30. The van der Waals surface area contributed by atoms with Gasteiger partial charge in [0.2, 0.25) is 0 Å². The van der Waals surface area contributed by atoms with Crippen LogP contribution in [0.2, 0.25) is 0 Å². The molecule has 0 N–H and O–H groups in total. The number of benzene rings is 5. The lowest BCUT2D eigenvalue weighted by atomic mass is 9.89. The Hall–Kier alpha value is -5.98. The van der Waals surface area contributed by atoms with Gasteiger partial charge in [0.25, 0.3) is 22.2 Å². The van der Waals surface area contributed by atoms with Crippen molar-refractivity contribution in [1.82, 2.24) is 9.13 Å². The summed E-state index contributed by atoms with van der Waals surface area (Å²) in [6.45, 7) is 4.02. The first kappa shape index (κ1) is 26.9. The fourth-order valence-electron chi connectivity index (χ4n) is 5.95. The predicted molar refractivity (Wildman–Crippen MR) is 176 cm³/mol. The second kappa shape index (κ2) is 10.4. The van der Waals surface area contributed by atoms with Crippen LogP contribution >= 0.6 is 0 Å². The molecule has 2 aromatic heterocycles. The van der Waals surface area contributed by atoms with E-state index in [0.29, 0.717) is 54.2 Å². The van der Waals surface area contributed by atoms with E-state index in [1.807, 2.05) is 60.7 Å². The molecule has 0 aliphatic carbocycles. The number of hydrogen-bond acceptors (Lipinski definition) is 4. The minimum Gasteiger partial charge on any atom is -0.275 e. The largest absolute Gasteiger partial charge is 0.275 e. The lowest BCUT2D eigenvalue weighted by molar-refractivity contribution is 0.722. The van der Waals surface area contributed by atoms with Crippen molar-refractivity contribution in [2.75, 3.05) is 0 Å².